The van der Waals surface area contributed by atoms with E-state index in [1.807, 2.05) is 48.5 Å². The summed E-state index contributed by atoms with van der Waals surface area (Å²) < 4.78 is 5.29. The maximum atomic E-state index is 12.6. The molecule has 1 aliphatic carbocycles. The van der Waals surface area contributed by atoms with Gasteiger partial charge in [0.1, 0.15) is 5.75 Å². The zero-order chi connectivity index (χ0) is 18.5. The van der Waals surface area contributed by atoms with Crippen LogP contribution in [0.1, 0.15) is 29.0 Å². The molecule has 26 heavy (non-hydrogen) atoms. The number of amides is 1. The van der Waals surface area contributed by atoms with Gasteiger partial charge in [-0.15, -0.1) is 0 Å². The van der Waals surface area contributed by atoms with E-state index in [0.717, 1.165) is 24.0 Å². The molecule has 2 aromatic carbocycles. The van der Waals surface area contributed by atoms with Crippen molar-refractivity contribution < 1.29 is 19.4 Å². The van der Waals surface area contributed by atoms with E-state index in [9.17, 15) is 14.7 Å². The minimum absolute atomic E-state index is 0.0961. The highest BCUT2D eigenvalue weighted by molar-refractivity contribution is 5.85. The molecule has 2 unspecified atom stereocenters. The maximum absolute atomic E-state index is 12.6. The molecule has 2 aromatic rings. The summed E-state index contributed by atoms with van der Waals surface area (Å²) in [5.74, 6) is -1.25. The highest BCUT2D eigenvalue weighted by Gasteiger charge is 2.29. The molecule has 5 nitrogen and oxygen atoms in total. The van der Waals surface area contributed by atoms with Gasteiger partial charge in [0.25, 0.3) is 0 Å². The molecule has 1 amide bonds. The molecule has 136 valence electrons. The molecule has 5 heteroatoms. The van der Waals surface area contributed by atoms with E-state index in [4.69, 9.17) is 4.74 Å². The van der Waals surface area contributed by atoms with E-state index in [2.05, 4.69) is 5.32 Å². The van der Waals surface area contributed by atoms with E-state index in [1.54, 1.807) is 7.11 Å². The van der Waals surface area contributed by atoms with Crippen LogP contribution in [0.2, 0.25) is 0 Å². The van der Waals surface area contributed by atoms with Crippen molar-refractivity contribution in [1.29, 1.82) is 0 Å². The Labute approximate surface area is 153 Å². The monoisotopic (exact) mass is 353 g/mol. The second-order valence-electron chi connectivity index (χ2n) is 6.59. The topological polar surface area (TPSA) is 75.6 Å². The van der Waals surface area contributed by atoms with Gasteiger partial charge in [-0.3, -0.25) is 9.59 Å². The first-order chi connectivity index (χ1) is 12.6. The lowest BCUT2D eigenvalue weighted by atomic mass is 9.97. The van der Waals surface area contributed by atoms with Gasteiger partial charge in [-0.05, 0) is 42.0 Å². The zero-order valence-corrected chi connectivity index (χ0v) is 14.8. The fourth-order valence-corrected chi connectivity index (χ4v) is 3.56. The third-order valence-corrected chi connectivity index (χ3v) is 4.98. The molecule has 0 bridgehead atoms. The number of carboxylic acids is 1. The van der Waals surface area contributed by atoms with Crippen LogP contribution in [-0.2, 0) is 22.4 Å². The molecular weight excluding hydrogens is 330 g/mol. The van der Waals surface area contributed by atoms with Gasteiger partial charge in [0.15, 0.2) is 0 Å². The average Bonchev–Trinajstić information content (AvgIpc) is 3.09. The van der Waals surface area contributed by atoms with E-state index in [0.29, 0.717) is 12.2 Å². The summed E-state index contributed by atoms with van der Waals surface area (Å²) in [6.07, 6.45) is 1.97. The third kappa shape index (κ3) is 3.87. The summed E-state index contributed by atoms with van der Waals surface area (Å²) in [6, 6.07) is 15.3. The molecule has 0 heterocycles. The standard InChI is InChI=1S/C21H23NO4/c1-26-19-9-5-3-7-15(19)12-16(21(24)25)13-22-20(23)18-11-10-14-6-2-4-8-17(14)18/h2-9,16,18H,10-13H2,1H3,(H,22,23)(H,24,25). The van der Waals surface area contributed by atoms with Crippen molar-refractivity contribution in [3.8, 4) is 5.75 Å². The number of carbonyl (C=O) groups is 2. The summed E-state index contributed by atoms with van der Waals surface area (Å²) in [5, 5.41) is 12.4. The van der Waals surface area contributed by atoms with Crippen LogP contribution in [0.5, 0.6) is 5.75 Å². The van der Waals surface area contributed by atoms with Gasteiger partial charge < -0.3 is 15.2 Å². The van der Waals surface area contributed by atoms with Crippen molar-refractivity contribution >= 4 is 11.9 Å². The molecule has 0 saturated carbocycles. The number of aliphatic carboxylic acids is 1. The Balaban J connectivity index is 1.64. The normalized spacial score (nSPS) is 16.6. The molecule has 0 aliphatic heterocycles. The smallest absolute Gasteiger partial charge is 0.308 e. The second-order valence-corrected chi connectivity index (χ2v) is 6.59. The summed E-state index contributed by atoms with van der Waals surface area (Å²) in [5.41, 5.74) is 3.08. The fraction of sp³-hybridized carbons (Fsp3) is 0.333. The van der Waals surface area contributed by atoms with Crippen molar-refractivity contribution in [3.05, 3.63) is 65.2 Å². The number of hydrogen-bond donors (Lipinski definition) is 2. The quantitative estimate of drug-likeness (QED) is 0.803. The Kier molecular flexibility index (Phi) is 5.56. The van der Waals surface area contributed by atoms with Crippen LogP contribution in [0.25, 0.3) is 0 Å². The second kappa shape index (κ2) is 8.04. The number of nitrogens with one attached hydrogen (secondary N) is 1. The number of rotatable bonds is 7. The summed E-state index contributed by atoms with van der Waals surface area (Å²) in [7, 11) is 1.56. The van der Waals surface area contributed by atoms with Crippen LogP contribution < -0.4 is 10.1 Å². The number of carboxylic acid groups (broad SMARTS) is 1. The minimum Gasteiger partial charge on any atom is -0.496 e. The first-order valence-electron chi connectivity index (χ1n) is 8.80. The molecule has 0 aromatic heterocycles. The van der Waals surface area contributed by atoms with Gasteiger partial charge in [-0.25, -0.2) is 0 Å². The Morgan fingerprint density at radius 1 is 1.19 bits per heavy atom. The molecule has 2 N–H and O–H groups in total. The molecule has 0 fully saturated rings. The Morgan fingerprint density at radius 2 is 1.92 bits per heavy atom. The minimum atomic E-state index is -0.928. The third-order valence-electron chi connectivity index (χ3n) is 4.98. The van der Waals surface area contributed by atoms with E-state index in [1.165, 1.54) is 5.56 Å². The van der Waals surface area contributed by atoms with Crippen LogP contribution in [0.15, 0.2) is 48.5 Å². The van der Waals surface area contributed by atoms with Gasteiger partial charge in [-0.1, -0.05) is 42.5 Å². The van der Waals surface area contributed by atoms with Crippen LogP contribution in [-0.4, -0.2) is 30.6 Å². The Hall–Kier alpha value is -2.82. The van der Waals surface area contributed by atoms with E-state index in [-0.39, 0.29) is 18.4 Å². The summed E-state index contributed by atoms with van der Waals surface area (Å²) >= 11 is 0. The number of fused-ring (bicyclic) bond motifs is 1. The molecule has 2 atom stereocenters. The van der Waals surface area contributed by atoms with Crippen LogP contribution >= 0.6 is 0 Å². The molecular formula is C21H23NO4. The van der Waals surface area contributed by atoms with Crippen LogP contribution in [0.3, 0.4) is 0 Å². The van der Waals surface area contributed by atoms with Crippen LogP contribution in [0, 0.1) is 5.92 Å². The molecule has 0 radical (unpaired) electrons. The number of para-hydroxylation sites is 1. The molecule has 0 spiro atoms. The SMILES string of the molecule is COc1ccccc1CC(CNC(=O)C1CCc2ccccc21)C(=O)O. The van der Waals surface area contributed by atoms with E-state index < -0.39 is 11.9 Å². The maximum Gasteiger partial charge on any atom is 0.308 e. The highest BCUT2D eigenvalue weighted by Crippen LogP contribution is 2.33. The fourth-order valence-electron chi connectivity index (χ4n) is 3.56. The number of carbonyl (C=O) groups excluding carboxylic acids is 1. The lowest BCUT2D eigenvalue weighted by Gasteiger charge is -2.17. The van der Waals surface area contributed by atoms with Crippen molar-refractivity contribution in [3.63, 3.8) is 0 Å². The lowest BCUT2D eigenvalue weighted by Crippen LogP contribution is -2.36. The first-order valence-corrected chi connectivity index (χ1v) is 8.80. The van der Waals surface area contributed by atoms with Crippen LogP contribution in [0.4, 0.5) is 0 Å². The summed E-state index contributed by atoms with van der Waals surface area (Å²) in [4.78, 5) is 24.2. The van der Waals surface area contributed by atoms with Gasteiger partial charge >= 0.3 is 5.97 Å². The van der Waals surface area contributed by atoms with Crippen molar-refractivity contribution in [2.45, 2.75) is 25.2 Å². The van der Waals surface area contributed by atoms with E-state index >= 15 is 0 Å². The number of methoxy groups -OCH3 is 1. The van der Waals surface area contributed by atoms with Gasteiger partial charge in [0.05, 0.1) is 18.9 Å². The first kappa shape index (κ1) is 18.0. The molecule has 1 aliphatic rings. The summed E-state index contributed by atoms with van der Waals surface area (Å²) in [6.45, 7) is 0.102. The largest absolute Gasteiger partial charge is 0.496 e. The zero-order valence-electron chi connectivity index (χ0n) is 14.8. The van der Waals surface area contributed by atoms with Crippen molar-refractivity contribution in [2.24, 2.45) is 5.92 Å². The number of ether oxygens (including phenoxy) is 1. The van der Waals surface area contributed by atoms with Crippen molar-refractivity contribution in [2.75, 3.05) is 13.7 Å². The average molecular weight is 353 g/mol. The Bertz CT molecular complexity index is 802. The highest BCUT2D eigenvalue weighted by atomic mass is 16.5. The van der Waals surface area contributed by atoms with Crippen molar-refractivity contribution in [1.82, 2.24) is 5.32 Å². The number of hydrogen-bond acceptors (Lipinski definition) is 3. The van der Waals surface area contributed by atoms with Gasteiger partial charge in [0, 0.05) is 6.54 Å². The number of benzene rings is 2. The Morgan fingerprint density at radius 3 is 2.69 bits per heavy atom. The lowest BCUT2D eigenvalue weighted by molar-refractivity contribution is -0.141. The van der Waals surface area contributed by atoms with Gasteiger partial charge in [-0.2, -0.15) is 0 Å². The molecule has 0 saturated heterocycles. The predicted octanol–water partition coefficient (Wildman–Crippen LogP) is 2.78. The van der Waals surface area contributed by atoms with Gasteiger partial charge in [0.2, 0.25) is 5.91 Å². The predicted molar refractivity (Wildman–Crippen MR) is 98.3 cm³/mol. The molecule has 3 rings (SSSR count). The number of aryl methyl sites for hydroxylation is 1.